The molecule has 0 aliphatic carbocycles. The van der Waals surface area contributed by atoms with Gasteiger partial charge in [0, 0.05) is 13.1 Å². The lowest BCUT2D eigenvalue weighted by molar-refractivity contribution is 0.00252. The molecule has 0 radical (unpaired) electrons. The van der Waals surface area contributed by atoms with Gasteiger partial charge < -0.3 is 14.6 Å². The van der Waals surface area contributed by atoms with Crippen molar-refractivity contribution < 1.29 is 19.0 Å². The molecule has 5 heteroatoms. The molecule has 1 heterocycles. The second-order valence-electron chi connectivity index (χ2n) is 4.24. The zero-order chi connectivity index (χ0) is 13.0. The van der Waals surface area contributed by atoms with Gasteiger partial charge in [-0.15, -0.1) is 0 Å². The summed E-state index contributed by atoms with van der Waals surface area (Å²) in [5, 5.41) is 9.51. The summed E-state index contributed by atoms with van der Waals surface area (Å²) in [6, 6.07) is 4.62. The normalized spacial score (nSPS) is 18.6. The van der Waals surface area contributed by atoms with E-state index in [0.717, 1.165) is 18.7 Å². The van der Waals surface area contributed by atoms with Crippen molar-refractivity contribution >= 4 is 0 Å². The zero-order valence-corrected chi connectivity index (χ0v) is 10.4. The summed E-state index contributed by atoms with van der Waals surface area (Å²) in [5.74, 6) is -0.181. The number of benzene rings is 1. The van der Waals surface area contributed by atoms with E-state index in [0.29, 0.717) is 13.2 Å². The van der Waals surface area contributed by atoms with Crippen molar-refractivity contribution in [3.8, 4) is 5.75 Å². The van der Waals surface area contributed by atoms with Gasteiger partial charge in [-0.3, -0.25) is 4.90 Å². The predicted molar refractivity (Wildman–Crippen MR) is 65.2 cm³/mol. The maximum Gasteiger partial charge on any atom is 0.165 e. The molecule has 1 aromatic rings. The Morgan fingerprint density at radius 1 is 1.44 bits per heavy atom. The Hall–Kier alpha value is -1.17. The molecule has 0 spiro atoms. The molecule has 1 fully saturated rings. The summed E-state index contributed by atoms with van der Waals surface area (Å²) >= 11 is 0. The fourth-order valence-electron chi connectivity index (χ4n) is 2.21. The smallest absolute Gasteiger partial charge is 0.165 e. The van der Waals surface area contributed by atoms with Crippen LogP contribution < -0.4 is 4.74 Å². The first-order valence-electron chi connectivity index (χ1n) is 6.02. The Morgan fingerprint density at radius 2 is 2.17 bits per heavy atom. The summed E-state index contributed by atoms with van der Waals surface area (Å²) in [6.45, 7) is 2.76. The maximum atomic E-state index is 13.7. The van der Waals surface area contributed by atoms with Crippen LogP contribution in [0.15, 0.2) is 18.2 Å². The Labute approximate surface area is 106 Å². The van der Waals surface area contributed by atoms with Gasteiger partial charge in [-0.25, -0.2) is 4.39 Å². The second-order valence-corrected chi connectivity index (χ2v) is 4.24. The van der Waals surface area contributed by atoms with Crippen LogP contribution in [0.25, 0.3) is 0 Å². The van der Waals surface area contributed by atoms with Crippen LogP contribution in [0, 0.1) is 5.82 Å². The topological polar surface area (TPSA) is 41.9 Å². The number of aliphatic hydroxyl groups excluding tert-OH is 1. The molecule has 18 heavy (non-hydrogen) atoms. The highest BCUT2D eigenvalue weighted by Crippen LogP contribution is 2.26. The van der Waals surface area contributed by atoms with Crippen LogP contribution in [0.2, 0.25) is 0 Å². The summed E-state index contributed by atoms with van der Waals surface area (Å²) in [4.78, 5) is 2.10. The first-order chi connectivity index (χ1) is 8.76. The van der Waals surface area contributed by atoms with E-state index in [4.69, 9.17) is 9.47 Å². The number of rotatable bonds is 4. The molecule has 4 nitrogen and oxygen atoms in total. The van der Waals surface area contributed by atoms with Gasteiger partial charge in [0.05, 0.1) is 33.0 Å². The van der Waals surface area contributed by atoms with Gasteiger partial charge in [-0.1, -0.05) is 6.07 Å². The van der Waals surface area contributed by atoms with E-state index in [1.54, 1.807) is 12.1 Å². The lowest BCUT2D eigenvalue weighted by Gasteiger charge is -2.33. The first kappa shape index (κ1) is 13.3. The van der Waals surface area contributed by atoms with E-state index < -0.39 is 5.82 Å². The molecule has 1 N–H and O–H groups in total. The molecule has 100 valence electrons. The third-order valence-corrected chi connectivity index (χ3v) is 3.22. The summed E-state index contributed by atoms with van der Waals surface area (Å²) < 4.78 is 23.8. The number of methoxy groups -OCH3 is 1. The van der Waals surface area contributed by atoms with Crippen LogP contribution in [-0.2, 0) is 4.74 Å². The largest absolute Gasteiger partial charge is 0.494 e. The number of nitrogens with zero attached hydrogens (tertiary/aromatic N) is 1. The van der Waals surface area contributed by atoms with E-state index in [1.165, 1.54) is 13.2 Å². The zero-order valence-electron chi connectivity index (χ0n) is 10.4. The van der Waals surface area contributed by atoms with Crippen LogP contribution in [0.5, 0.6) is 5.75 Å². The molecule has 0 amide bonds. The standard InChI is InChI=1S/C13H18FNO3/c1-17-13-3-2-10(8-11(13)14)12(9-16)15-4-6-18-7-5-15/h2-3,8,12,16H,4-7,9H2,1H3. The molecular weight excluding hydrogens is 237 g/mol. The van der Waals surface area contributed by atoms with Crippen LogP contribution in [-0.4, -0.2) is 50.0 Å². The van der Waals surface area contributed by atoms with Gasteiger partial charge in [0.15, 0.2) is 11.6 Å². The van der Waals surface area contributed by atoms with E-state index in [1.807, 2.05) is 0 Å². The molecule has 0 bridgehead atoms. The molecular formula is C13H18FNO3. The molecule has 2 rings (SSSR count). The SMILES string of the molecule is COc1ccc(C(CO)N2CCOCC2)cc1F. The van der Waals surface area contributed by atoms with E-state index in [2.05, 4.69) is 4.90 Å². The van der Waals surface area contributed by atoms with Crippen molar-refractivity contribution in [1.29, 1.82) is 0 Å². The lowest BCUT2D eigenvalue weighted by atomic mass is 10.1. The maximum absolute atomic E-state index is 13.7. The molecule has 1 unspecified atom stereocenters. The lowest BCUT2D eigenvalue weighted by Crippen LogP contribution is -2.40. The molecule has 0 aromatic heterocycles. The fraction of sp³-hybridized carbons (Fsp3) is 0.538. The van der Waals surface area contributed by atoms with E-state index in [-0.39, 0.29) is 18.4 Å². The van der Waals surface area contributed by atoms with Crippen molar-refractivity contribution in [3.63, 3.8) is 0 Å². The van der Waals surface area contributed by atoms with E-state index in [9.17, 15) is 9.50 Å². The average Bonchev–Trinajstić information content (AvgIpc) is 2.41. The highest BCUT2D eigenvalue weighted by molar-refractivity contribution is 5.31. The number of hydrogen-bond donors (Lipinski definition) is 1. The monoisotopic (exact) mass is 255 g/mol. The fourth-order valence-corrected chi connectivity index (χ4v) is 2.21. The molecule has 0 saturated carbocycles. The van der Waals surface area contributed by atoms with E-state index >= 15 is 0 Å². The number of morpholine rings is 1. The highest BCUT2D eigenvalue weighted by atomic mass is 19.1. The Balaban J connectivity index is 2.18. The number of aliphatic hydroxyl groups is 1. The third-order valence-electron chi connectivity index (χ3n) is 3.22. The molecule has 1 atom stereocenters. The minimum absolute atomic E-state index is 0.0359. The van der Waals surface area contributed by atoms with Crippen molar-refractivity contribution in [2.75, 3.05) is 40.0 Å². The van der Waals surface area contributed by atoms with Gasteiger partial charge >= 0.3 is 0 Å². The van der Waals surface area contributed by atoms with Gasteiger partial charge in [-0.2, -0.15) is 0 Å². The Bertz CT molecular complexity index is 394. The predicted octanol–water partition coefficient (Wildman–Crippen LogP) is 1.20. The Kier molecular flexibility index (Phi) is 4.52. The average molecular weight is 255 g/mol. The summed E-state index contributed by atoms with van der Waals surface area (Å²) in [7, 11) is 1.43. The molecule has 1 saturated heterocycles. The van der Waals surface area contributed by atoms with Crippen molar-refractivity contribution in [2.24, 2.45) is 0 Å². The number of ether oxygens (including phenoxy) is 2. The van der Waals surface area contributed by atoms with Gasteiger partial charge in [0.2, 0.25) is 0 Å². The van der Waals surface area contributed by atoms with Crippen LogP contribution in [0.4, 0.5) is 4.39 Å². The van der Waals surface area contributed by atoms with Crippen LogP contribution >= 0.6 is 0 Å². The minimum atomic E-state index is -0.401. The third kappa shape index (κ3) is 2.80. The molecule has 1 aliphatic rings. The second kappa shape index (κ2) is 6.13. The Morgan fingerprint density at radius 3 is 2.72 bits per heavy atom. The highest BCUT2D eigenvalue weighted by Gasteiger charge is 2.22. The number of halogens is 1. The summed E-state index contributed by atoms with van der Waals surface area (Å²) in [5.41, 5.74) is 0.762. The molecule has 1 aromatic carbocycles. The van der Waals surface area contributed by atoms with Crippen molar-refractivity contribution in [3.05, 3.63) is 29.6 Å². The minimum Gasteiger partial charge on any atom is -0.494 e. The molecule has 1 aliphatic heterocycles. The summed E-state index contributed by atoms with van der Waals surface area (Å²) in [6.07, 6.45) is 0. The van der Waals surface area contributed by atoms with Gasteiger partial charge in [0.1, 0.15) is 0 Å². The van der Waals surface area contributed by atoms with Gasteiger partial charge in [0.25, 0.3) is 0 Å². The van der Waals surface area contributed by atoms with Crippen molar-refractivity contribution in [2.45, 2.75) is 6.04 Å². The van der Waals surface area contributed by atoms with Crippen LogP contribution in [0.1, 0.15) is 11.6 Å². The van der Waals surface area contributed by atoms with Crippen LogP contribution in [0.3, 0.4) is 0 Å². The number of hydrogen-bond acceptors (Lipinski definition) is 4. The quantitative estimate of drug-likeness (QED) is 0.878. The first-order valence-corrected chi connectivity index (χ1v) is 6.02. The van der Waals surface area contributed by atoms with Gasteiger partial charge in [-0.05, 0) is 17.7 Å². The van der Waals surface area contributed by atoms with Crippen molar-refractivity contribution in [1.82, 2.24) is 4.90 Å².